The predicted octanol–water partition coefficient (Wildman–Crippen LogP) is 6.47. The minimum absolute atomic E-state index is 0.141. The van der Waals surface area contributed by atoms with Crippen LogP contribution in [-0.4, -0.2) is 20.1 Å². The van der Waals surface area contributed by atoms with Crippen molar-refractivity contribution in [1.82, 2.24) is 4.58 Å². The first kappa shape index (κ1) is 29.9. The highest BCUT2D eigenvalue weighted by molar-refractivity contribution is 7.14. The molecule has 5 heterocycles. The molecule has 5 aromatic rings. The summed E-state index contributed by atoms with van der Waals surface area (Å²) >= 11 is 3.01. The normalized spacial score (nSPS) is 16.4. The zero-order valence-corrected chi connectivity index (χ0v) is 27.7. The Morgan fingerprint density at radius 1 is 0.830 bits per heavy atom. The third kappa shape index (κ3) is 3.75. The summed E-state index contributed by atoms with van der Waals surface area (Å²) in [5, 5.41) is 17.3. The second-order valence-electron chi connectivity index (χ2n) is 13.1. The molecule has 238 valence electrons. The first-order valence-corrected chi connectivity index (χ1v) is 16.6. The van der Waals surface area contributed by atoms with Crippen LogP contribution in [0.3, 0.4) is 0 Å². The number of aromatic carboxylic acids is 1. The van der Waals surface area contributed by atoms with Crippen LogP contribution in [0.15, 0.2) is 47.2 Å². The molecule has 0 amide bonds. The van der Waals surface area contributed by atoms with Crippen molar-refractivity contribution < 1.29 is 32.2 Å². The molecule has 0 bridgehead atoms. The highest BCUT2D eigenvalue weighted by Gasteiger charge is 2.41. The number of carbonyl (C=O) groups excluding carboxylic acids is 1. The van der Waals surface area contributed by atoms with Crippen LogP contribution >= 0.6 is 22.7 Å². The molecule has 3 aliphatic heterocycles. The van der Waals surface area contributed by atoms with Crippen molar-refractivity contribution in [2.45, 2.75) is 38.8 Å². The van der Waals surface area contributed by atoms with E-state index in [2.05, 4.69) is 37.2 Å². The first-order valence-electron chi connectivity index (χ1n) is 14.8. The molecule has 2 aromatic heterocycles. The van der Waals surface area contributed by atoms with Crippen molar-refractivity contribution in [3.63, 3.8) is 0 Å². The Kier molecular flexibility index (Phi) is 6.07. The average Bonchev–Trinajstić information content (AvgIpc) is 3.73. The van der Waals surface area contributed by atoms with E-state index < -0.39 is 51.4 Å². The van der Waals surface area contributed by atoms with E-state index in [0.717, 1.165) is 43.1 Å². The van der Waals surface area contributed by atoms with Gasteiger partial charge < -0.3 is 19.5 Å². The van der Waals surface area contributed by atoms with E-state index in [9.17, 15) is 14.3 Å². The number of hydrogen-bond donors (Lipinski definition) is 0. The van der Waals surface area contributed by atoms with E-state index in [0.29, 0.717) is 0 Å². The molecule has 8 rings (SSSR count). The zero-order valence-electron chi connectivity index (χ0n) is 26.1. The smallest absolute Gasteiger partial charge is 0.212 e. The van der Waals surface area contributed by atoms with Crippen LogP contribution < -0.4 is 29.9 Å². The fourth-order valence-corrected chi connectivity index (χ4v) is 9.32. The molecule has 0 aliphatic carbocycles. The molecule has 0 unspecified atom stereocenters. The Balaban J connectivity index is 1.58. The summed E-state index contributed by atoms with van der Waals surface area (Å²) in [6, 6.07) is 11.1. The lowest BCUT2D eigenvalue weighted by molar-refractivity contribution is -0.255. The summed E-state index contributed by atoms with van der Waals surface area (Å²) in [5.41, 5.74) is 1.28. The summed E-state index contributed by atoms with van der Waals surface area (Å²) in [6.07, 6.45) is 0. The zero-order chi connectivity index (χ0) is 33.5. The molecule has 0 atom stereocenters. The topological polar surface area (TPSA) is 55.6 Å². The van der Waals surface area contributed by atoms with Crippen molar-refractivity contribution in [2.75, 3.05) is 19.0 Å². The van der Waals surface area contributed by atoms with Crippen molar-refractivity contribution >= 4 is 39.9 Å². The van der Waals surface area contributed by atoms with Gasteiger partial charge in [0.25, 0.3) is 0 Å². The summed E-state index contributed by atoms with van der Waals surface area (Å²) < 4.78 is 69.7. The van der Waals surface area contributed by atoms with Gasteiger partial charge in [-0.2, -0.15) is 0 Å². The van der Waals surface area contributed by atoms with E-state index in [-0.39, 0.29) is 27.9 Å². The Morgan fingerprint density at radius 2 is 1.47 bits per heavy atom. The van der Waals surface area contributed by atoms with E-state index in [4.69, 9.17) is 4.74 Å². The van der Waals surface area contributed by atoms with Crippen LogP contribution in [0.1, 0.15) is 60.3 Å². The number of fused-ring (bicyclic) bond motifs is 8. The number of hydrogen-bond acceptors (Lipinski definition) is 6. The molecule has 0 radical (unpaired) electrons. The highest BCUT2D eigenvalue weighted by atomic mass is 32.1. The van der Waals surface area contributed by atoms with Crippen LogP contribution in [0, 0.1) is 23.3 Å². The van der Waals surface area contributed by atoms with E-state index in [1.165, 1.54) is 22.7 Å². The fourth-order valence-electron chi connectivity index (χ4n) is 7.17. The maximum atomic E-state index is 16.1. The van der Waals surface area contributed by atoms with Crippen LogP contribution in [-0.2, 0) is 11.1 Å². The average molecular weight is 675 g/mol. The summed E-state index contributed by atoms with van der Waals surface area (Å²) in [4.78, 5) is 16.4. The number of carboxylic acids is 1. The van der Waals surface area contributed by atoms with Crippen LogP contribution in [0.2, 0.25) is 0 Å². The van der Waals surface area contributed by atoms with Gasteiger partial charge in [-0.15, -0.1) is 22.7 Å². The molecule has 0 saturated heterocycles. The minimum Gasteiger partial charge on any atom is -0.545 e. The number of benzene rings is 3. The van der Waals surface area contributed by atoms with E-state index in [1.54, 1.807) is 24.3 Å². The van der Waals surface area contributed by atoms with Crippen LogP contribution in [0.5, 0.6) is 11.5 Å². The standard InChI is InChI=1S/C36H26F4N2O3S2/c1-35(2)19-7-9-46-32(19)15-11-17-23(13-21(15)41(35)5)45-24-14-22-16(33-20(8-10-47-33)36(3,4)42(22)6)12-18(24)25(17)26-27(34(43)44)29(38)31(40)30(39)28(26)37/h7-14H,1-6H3. The number of nitrogens with zero attached hydrogens (tertiary/aromatic N) is 2. The summed E-state index contributed by atoms with van der Waals surface area (Å²) in [7, 11) is 3.88. The number of ether oxygens (including phenoxy) is 1. The Morgan fingerprint density at radius 3 is 2.15 bits per heavy atom. The monoisotopic (exact) mass is 674 g/mol. The molecule has 3 aromatic carbocycles. The van der Waals surface area contributed by atoms with Gasteiger partial charge in [-0.25, -0.2) is 22.1 Å². The van der Waals surface area contributed by atoms with E-state index in [1.807, 2.05) is 37.0 Å². The fraction of sp³-hybridized carbons (Fsp3) is 0.222. The van der Waals surface area contributed by atoms with E-state index >= 15 is 13.2 Å². The van der Waals surface area contributed by atoms with Gasteiger partial charge in [0.2, 0.25) is 5.36 Å². The van der Waals surface area contributed by atoms with Gasteiger partial charge in [-0.3, -0.25) is 0 Å². The molecule has 47 heavy (non-hydrogen) atoms. The Labute approximate surface area is 274 Å². The maximum absolute atomic E-state index is 16.1. The van der Waals surface area contributed by atoms with Gasteiger partial charge in [0, 0.05) is 76.1 Å². The Bertz CT molecular complexity index is 2410. The second kappa shape index (κ2) is 9.54. The molecule has 0 saturated carbocycles. The number of rotatable bonds is 2. The molecule has 0 spiro atoms. The van der Waals surface area contributed by atoms with Gasteiger partial charge >= 0.3 is 0 Å². The lowest BCUT2D eigenvalue weighted by atomic mass is 9.82. The van der Waals surface area contributed by atoms with Crippen LogP contribution in [0.25, 0.3) is 26.5 Å². The second-order valence-corrected chi connectivity index (χ2v) is 14.9. The molecule has 0 N–H and O–H groups in total. The van der Waals surface area contributed by atoms with Gasteiger partial charge in [-0.1, -0.05) is 0 Å². The molecule has 5 nitrogen and oxygen atoms in total. The molecular formula is C36H26F4N2O3S2. The van der Waals surface area contributed by atoms with Crippen LogP contribution in [0.4, 0.5) is 23.2 Å². The van der Waals surface area contributed by atoms with Gasteiger partial charge in [-0.05, 0) is 54.4 Å². The van der Waals surface area contributed by atoms with Crippen molar-refractivity contribution in [3.05, 3.63) is 109 Å². The van der Waals surface area contributed by atoms with Crippen molar-refractivity contribution in [2.24, 2.45) is 0 Å². The molecule has 0 fully saturated rings. The molecule has 3 aliphatic rings. The number of anilines is 1. The molecule has 11 heteroatoms. The quantitative estimate of drug-likeness (QED) is 0.0915. The highest BCUT2D eigenvalue weighted by Crippen LogP contribution is 2.53. The SMILES string of the molecule is CN1c2cc3c(cc2-c2sccc2C1(C)C)C(c1c(F)c(F)c(F)c(F)c1C(=O)[O-])=c1cc2c(cc1O3)=[N+](C)C(C)(C)c1ccsc1-2. The van der Waals surface area contributed by atoms with Crippen molar-refractivity contribution in [3.8, 4) is 32.4 Å². The lowest BCUT2D eigenvalue weighted by Gasteiger charge is -2.43. The van der Waals surface area contributed by atoms with Gasteiger partial charge in [0.05, 0.1) is 28.0 Å². The summed E-state index contributed by atoms with van der Waals surface area (Å²) in [5.74, 6) is -9.97. The lowest BCUT2D eigenvalue weighted by Crippen LogP contribution is -2.46. The minimum atomic E-state index is -2.23. The number of carbonyl (C=O) groups is 1. The Hall–Kier alpha value is -4.48. The van der Waals surface area contributed by atoms with Gasteiger partial charge in [0.1, 0.15) is 18.5 Å². The third-order valence-corrected chi connectivity index (χ3v) is 12.1. The summed E-state index contributed by atoms with van der Waals surface area (Å²) in [6.45, 7) is 8.34. The maximum Gasteiger partial charge on any atom is 0.212 e. The largest absolute Gasteiger partial charge is 0.545 e. The predicted molar refractivity (Wildman–Crippen MR) is 173 cm³/mol. The number of thiophene rings is 2. The van der Waals surface area contributed by atoms with Crippen molar-refractivity contribution in [1.29, 1.82) is 0 Å². The first-order chi connectivity index (χ1) is 22.2. The number of halogens is 4. The number of carboxylic acid groups (broad SMARTS) is 1. The molecular weight excluding hydrogens is 649 g/mol. The third-order valence-electron chi connectivity index (χ3n) is 10.2. The van der Waals surface area contributed by atoms with Gasteiger partial charge in [0.15, 0.2) is 28.8 Å².